The van der Waals surface area contributed by atoms with Crippen LogP contribution in [0.4, 0.5) is 0 Å². The molecule has 0 fully saturated rings. The van der Waals surface area contributed by atoms with Gasteiger partial charge in [-0.15, -0.1) is 0 Å². The summed E-state index contributed by atoms with van der Waals surface area (Å²) >= 11 is 13.7. The summed E-state index contributed by atoms with van der Waals surface area (Å²) in [6.45, 7) is 6.23. The predicted molar refractivity (Wildman–Crippen MR) is 73.3 cm³/mol. The molecule has 0 nitrogen and oxygen atoms in total. The Morgan fingerprint density at radius 2 is 0.692 bits per heavy atom. The quantitative estimate of drug-likeness (QED) is 0.559. The van der Waals surface area contributed by atoms with Crippen molar-refractivity contribution in [2.24, 2.45) is 0 Å². The molecule has 0 aromatic heterocycles. The Bertz CT molecular complexity index is 30.3. The van der Waals surface area contributed by atoms with Gasteiger partial charge in [0.15, 0.2) is 0 Å². The molecule has 0 heterocycles. The molecule has 0 radical (unpaired) electrons. The van der Waals surface area contributed by atoms with Crippen LogP contribution in [-0.2, 0) is 37.9 Å². The van der Waals surface area contributed by atoms with E-state index in [0.717, 1.165) is 36.5 Å². The second kappa shape index (κ2) is 37.4. The zero-order valence-corrected chi connectivity index (χ0v) is 12.6. The van der Waals surface area contributed by atoms with Crippen molar-refractivity contribution in [2.45, 2.75) is 40.0 Å². The van der Waals surface area contributed by atoms with Crippen molar-refractivity contribution in [3.63, 3.8) is 0 Å². The van der Waals surface area contributed by atoms with Gasteiger partial charge in [0.05, 0.1) is 0 Å². The Morgan fingerprint density at radius 1 is 0.615 bits per heavy atom. The van der Waals surface area contributed by atoms with E-state index in [1.807, 2.05) is 0 Å². The fraction of sp³-hybridized carbons (Fsp3) is 1.00. The molecule has 0 aliphatic rings. The largest absolute Gasteiger partial charge is 3.00 e. The third-order valence-corrected chi connectivity index (χ3v) is 1.84. The van der Waals surface area contributed by atoms with E-state index in [-0.39, 0.29) is 17.4 Å². The summed E-state index contributed by atoms with van der Waals surface area (Å²) in [5, 5.41) is 0. The Hall–Kier alpha value is 1.58. The van der Waals surface area contributed by atoms with Gasteiger partial charge in [-0.3, -0.25) is 0 Å². The van der Waals surface area contributed by atoms with E-state index in [9.17, 15) is 0 Å². The van der Waals surface area contributed by atoms with Crippen LogP contribution in [-0.4, -0.2) is 34.6 Å². The second-order valence-corrected chi connectivity index (χ2v) is 3.34. The summed E-state index contributed by atoms with van der Waals surface area (Å²) in [7, 11) is 0. The third-order valence-electron chi connectivity index (χ3n) is 0.612. The molecule has 0 aliphatic heterocycles. The van der Waals surface area contributed by atoms with Gasteiger partial charge in [0.1, 0.15) is 0 Å². The molecule has 78 valence electrons. The molecule has 0 N–H and O–H groups in total. The second-order valence-electron chi connectivity index (χ2n) is 2.11. The minimum Gasteiger partial charge on any atom is -0.793 e. The Balaban J connectivity index is -0.0000000450. The van der Waals surface area contributed by atoms with Crippen LogP contribution in [0.25, 0.3) is 0 Å². The minimum atomic E-state index is 0. The van der Waals surface area contributed by atoms with Crippen LogP contribution < -0.4 is 0 Å². The third kappa shape index (κ3) is 86.8. The SMILES string of the molecule is CCC[S-].CCC[S-].CCC[S-].[Al+3]. The summed E-state index contributed by atoms with van der Waals surface area (Å²) < 4.78 is 0. The molecule has 4 heteroatoms. The molecular formula is C9H21AlS3. The Kier molecular flexibility index (Phi) is 69.1. The normalized spacial score (nSPS) is 6.92. The van der Waals surface area contributed by atoms with Crippen molar-refractivity contribution < 1.29 is 0 Å². The van der Waals surface area contributed by atoms with Gasteiger partial charge in [-0.05, 0) is 0 Å². The Labute approximate surface area is 112 Å². The maximum absolute atomic E-state index is 4.55. The van der Waals surface area contributed by atoms with E-state index in [0.29, 0.717) is 0 Å². The van der Waals surface area contributed by atoms with Gasteiger partial charge >= 0.3 is 17.4 Å². The summed E-state index contributed by atoms with van der Waals surface area (Å²) in [5.41, 5.74) is 0. The Morgan fingerprint density at radius 3 is 0.692 bits per heavy atom. The van der Waals surface area contributed by atoms with Crippen molar-refractivity contribution in [1.82, 2.24) is 0 Å². The summed E-state index contributed by atoms with van der Waals surface area (Å²) in [6.07, 6.45) is 3.40. The van der Waals surface area contributed by atoms with E-state index in [4.69, 9.17) is 0 Å². The molecule has 0 bridgehead atoms. The summed E-state index contributed by atoms with van der Waals surface area (Å²) in [6, 6.07) is 0. The van der Waals surface area contributed by atoms with Crippen LogP contribution in [0, 0.1) is 0 Å². The van der Waals surface area contributed by atoms with Gasteiger partial charge in [-0.25, -0.2) is 0 Å². The molecule has 0 aromatic carbocycles. The van der Waals surface area contributed by atoms with E-state index in [2.05, 4.69) is 58.7 Å². The number of hydrogen-bond donors (Lipinski definition) is 0. The first kappa shape index (κ1) is 24.0. The number of rotatable bonds is 3. The van der Waals surface area contributed by atoms with Crippen molar-refractivity contribution in [3.05, 3.63) is 0 Å². The van der Waals surface area contributed by atoms with Crippen LogP contribution >= 0.6 is 0 Å². The van der Waals surface area contributed by atoms with Crippen molar-refractivity contribution in [1.29, 1.82) is 0 Å². The van der Waals surface area contributed by atoms with E-state index in [1.165, 1.54) is 0 Å². The topological polar surface area (TPSA) is 0 Å². The minimum absolute atomic E-state index is 0. The van der Waals surface area contributed by atoms with Crippen LogP contribution in [0.2, 0.25) is 0 Å². The van der Waals surface area contributed by atoms with Gasteiger partial charge in [0.25, 0.3) is 0 Å². The molecule has 0 spiro atoms. The molecule has 0 saturated carbocycles. The standard InChI is InChI=1S/3C3H8S.Al/c3*1-2-3-4;/h3*4H,2-3H2,1H3;/q;;;+3/p-3. The molecule has 0 rings (SSSR count). The average molecular weight is 252 g/mol. The van der Waals surface area contributed by atoms with Gasteiger partial charge in [-0.1, -0.05) is 40.0 Å². The molecule has 0 atom stereocenters. The zero-order valence-electron chi connectivity index (χ0n) is 9.04. The summed E-state index contributed by atoms with van der Waals surface area (Å²) in [5.74, 6) is 2.71. The predicted octanol–water partition coefficient (Wildman–Crippen LogP) is 2.45. The van der Waals surface area contributed by atoms with Gasteiger partial charge in [0.2, 0.25) is 0 Å². The summed E-state index contributed by atoms with van der Waals surface area (Å²) in [4.78, 5) is 0. The molecule has 0 amide bonds. The first-order valence-corrected chi connectivity index (χ1v) is 6.22. The maximum atomic E-state index is 4.55. The smallest absolute Gasteiger partial charge is 0.793 e. The van der Waals surface area contributed by atoms with E-state index in [1.54, 1.807) is 0 Å². The van der Waals surface area contributed by atoms with Crippen molar-refractivity contribution >= 4 is 55.2 Å². The molecule has 0 unspecified atom stereocenters. The van der Waals surface area contributed by atoms with Crippen molar-refractivity contribution in [3.8, 4) is 0 Å². The fourth-order valence-electron chi connectivity index (χ4n) is 0. The van der Waals surface area contributed by atoms with Crippen LogP contribution in [0.3, 0.4) is 0 Å². The molecule has 0 aromatic rings. The first-order chi connectivity index (χ1) is 5.74. The fourth-order valence-corrected chi connectivity index (χ4v) is 0. The van der Waals surface area contributed by atoms with Crippen LogP contribution in [0.15, 0.2) is 0 Å². The van der Waals surface area contributed by atoms with Crippen LogP contribution in [0.5, 0.6) is 0 Å². The van der Waals surface area contributed by atoms with Gasteiger partial charge < -0.3 is 37.9 Å². The van der Waals surface area contributed by atoms with Crippen LogP contribution in [0.1, 0.15) is 40.0 Å². The molecule has 0 saturated heterocycles. The molecular weight excluding hydrogens is 231 g/mol. The van der Waals surface area contributed by atoms with Gasteiger partial charge in [-0.2, -0.15) is 17.3 Å². The van der Waals surface area contributed by atoms with Crippen molar-refractivity contribution in [2.75, 3.05) is 17.3 Å². The first-order valence-electron chi connectivity index (χ1n) is 4.49. The number of hydrogen-bond acceptors (Lipinski definition) is 3. The monoisotopic (exact) mass is 252 g/mol. The maximum Gasteiger partial charge on any atom is 3.00 e. The molecule has 0 aliphatic carbocycles. The van der Waals surface area contributed by atoms with Gasteiger partial charge in [0, 0.05) is 0 Å². The van der Waals surface area contributed by atoms with E-state index < -0.39 is 0 Å². The molecule has 13 heavy (non-hydrogen) atoms. The van der Waals surface area contributed by atoms with E-state index >= 15 is 0 Å². The zero-order chi connectivity index (χ0) is 10.2. The average Bonchev–Trinajstić information content (AvgIpc) is 2.18.